The Morgan fingerprint density at radius 3 is 2.88 bits per heavy atom. The molecular formula is C12H19N3O. The summed E-state index contributed by atoms with van der Waals surface area (Å²) < 4.78 is 8.10. The first-order valence-corrected chi connectivity index (χ1v) is 6.25. The minimum atomic E-state index is 0.375. The fourth-order valence-corrected chi connectivity index (χ4v) is 2.28. The zero-order valence-corrected chi connectivity index (χ0v) is 9.51. The second kappa shape index (κ2) is 4.55. The van der Waals surface area contributed by atoms with Crippen LogP contribution in [0.5, 0.6) is 0 Å². The van der Waals surface area contributed by atoms with Crippen molar-refractivity contribution in [1.29, 1.82) is 0 Å². The van der Waals surface area contributed by atoms with E-state index < -0.39 is 0 Å². The van der Waals surface area contributed by atoms with E-state index in [2.05, 4.69) is 14.9 Å². The smallest absolute Gasteiger partial charge is 0.0946 e. The lowest BCUT2D eigenvalue weighted by atomic mass is 10.2. The number of imidazole rings is 1. The highest BCUT2D eigenvalue weighted by Crippen LogP contribution is 2.23. The maximum absolute atomic E-state index is 6.00. The first-order chi connectivity index (χ1) is 7.90. The molecule has 4 heteroatoms. The zero-order chi connectivity index (χ0) is 10.8. The molecule has 4 nitrogen and oxygen atoms in total. The molecule has 16 heavy (non-hydrogen) atoms. The van der Waals surface area contributed by atoms with Crippen LogP contribution in [0.15, 0.2) is 18.7 Å². The molecule has 1 saturated heterocycles. The second-order valence-corrected chi connectivity index (χ2v) is 4.90. The number of hydrogen-bond acceptors (Lipinski definition) is 3. The SMILES string of the molecule is c1cn(CC2CCC(CNC3CC3)O2)cn1. The lowest BCUT2D eigenvalue weighted by Crippen LogP contribution is -2.29. The van der Waals surface area contributed by atoms with E-state index in [-0.39, 0.29) is 0 Å². The summed E-state index contributed by atoms with van der Waals surface area (Å²) in [6.07, 6.45) is 11.6. The summed E-state index contributed by atoms with van der Waals surface area (Å²) in [5.74, 6) is 0. The maximum Gasteiger partial charge on any atom is 0.0946 e. The van der Waals surface area contributed by atoms with Crippen molar-refractivity contribution in [1.82, 2.24) is 14.9 Å². The number of nitrogens with zero attached hydrogens (tertiary/aromatic N) is 2. The molecule has 2 heterocycles. The van der Waals surface area contributed by atoms with Gasteiger partial charge in [-0.05, 0) is 25.7 Å². The summed E-state index contributed by atoms with van der Waals surface area (Å²) in [5, 5.41) is 3.53. The predicted molar refractivity (Wildman–Crippen MR) is 61.1 cm³/mol. The summed E-state index contributed by atoms with van der Waals surface area (Å²) in [5.41, 5.74) is 0. The second-order valence-electron chi connectivity index (χ2n) is 4.90. The van der Waals surface area contributed by atoms with Crippen LogP contribution in [0.3, 0.4) is 0 Å². The van der Waals surface area contributed by atoms with E-state index in [1.807, 2.05) is 18.7 Å². The van der Waals surface area contributed by atoms with Crippen molar-refractivity contribution in [2.45, 2.75) is 50.5 Å². The molecule has 1 aliphatic heterocycles. The molecule has 0 spiro atoms. The highest BCUT2D eigenvalue weighted by Gasteiger charge is 2.27. The summed E-state index contributed by atoms with van der Waals surface area (Å²) >= 11 is 0. The van der Waals surface area contributed by atoms with E-state index in [9.17, 15) is 0 Å². The average molecular weight is 221 g/mol. The van der Waals surface area contributed by atoms with E-state index in [1.54, 1.807) is 0 Å². The van der Waals surface area contributed by atoms with Crippen molar-refractivity contribution < 1.29 is 4.74 Å². The molecule has 0 amide bonds. The fraction of sp³-hybridized carbons (Fsp3) is 0.750. The molecule has 0 radical (unpaired) electrons. The third kappa shape index (κ3) is 2.62. The molecule has 2 unspecified atom stereocenters. The molecule has 0 aromatic carbocycles. The van der Waals surface area contributed by atoms with Crippen LogP contribution >= 0.6 is 0 Å². The van der Waals surface area contributed by atoms with Crippen molar-refractivity contribution in [3.8, 4) is 0 Å². The number of rotatable bonds is 5. The topological polar surface area (TPSA) is 39.1 Å². The van der Waals surface area contributed by atoms with Gasteiger partial charge in [-0.1, -0.05) is 0 Å². The van der Waals surface area contributed by atoms with Crippen LogP contribution < -0.4 is 5.32 Å². The van der Waals surface area contributed by atoms with E-state index in [0.717, 1.165) is 19.1 Å². The Hall–Kier alpha value is -0.870. The number of ether oxygens (including phenoxy) is 1. The minimum absolute atomic E-state index is 0.375. The summed E-state index contributed by atoms with van der Waals surface area (Å²) in [4.78, 5) is 4.05. The van der Waals surface area contributed by atoms with Crippen LogP contribution in [0.1, 0.15) is 25.7 Å². The van der Waals surface area contributed by atoms with Gasteiger partial charge in [-0.15, -0.1) is 0 Å². The molecular weight excluding hydrogens is 202 g/mol. The van der Waals surface area contributed by atoms with Crippen LogP contribution in [0, 0.1) is 0 Å². The lowest BCUT2D eigenvalue weighted by Gasteiger charge is -2.14. The van der Waals surface area contributed by atoms with Gasteiger partial charge < -0.3 is 14.6 Å². The molecule has 1 aliphatic carbocycles. The zero-order valence-electron chi connectivity index (χ0n) is 9.51. The Bertz CT molecular complexity index is 321. The Balaban J connectivity index is 1.41. The molecule has 2 atom stereocenters. The fourth-order valence-electron chi connectivity index (χ4n) is 2.28. The monoisotopic (exact) mass is 221 g/mol. The third-order valence-corrected chi connectivity index (χ3v) is 3.38. The van der Waals surface area contributed by atoms with Gasteiger partial charge in [0.1, 0.15) is 0 Å². The van der Waals surface area contributed by atoms with Crippen LogP contribution in [0.4, 0.5) is 0 Å². The van der Waals surface area contributed by atoms with Crippen molar-refractivity contribution in [3.05, 3.63) is 18.7 Å². The van der Waals surface area contributed by atoms with Gasteiger partial charge in [0.2, 0.25) is 0 Å². The Morgan fingerprint density at radius 2 is 2.12 bits per heavy atom. The van der Waals surface area contributed by atoms with Crippen LogP contribution in [0.25, 0.3) is 0 Å². The summed E-state index contributed by atoms with van der Waals surface area (Å²) in [6.45, 7) is 1.98. The van der Waals surface area contributed by atoms with Gasteiger partial charge >= 0.3 is 0 Å². The molecule has 1 saturated carbocycles. The third-order valence-electron chi connectivity index (χ3n) is 3.38. The molecule has 1 N–H and O–H groups in total. The van der Waals surface area contributed by atoms with Crippen molar-refractivity contribution in [3.63, 3.8) is 0 Å². The van der Waals surface area contributed by atoms with Gasteiger partial charge in [-0.2, -0.15) is 0 Å². The van der Waals surface area contributed by atoms with Gasteiger partial charge in [-0.3, -0.25) is 0 Å². The summed E-state index contributed by atoms with van der Waals surface area (Å²) in [7, 11) is 0. The first-order valence-electron chi connectivity index (χ1n) is 6.25. The Kier molecular flexibility index (Phi) is 2.93. The van der Waals surface area contributed by atoms with Crippen molar-refractivity contribution in [2.24, 2.45) is 0 Å². The van der Waals surface area contributed by atoms with Gasteiger partial charge in [0.25, 0.3) is 0 Å². The summed E-state index contributed by atoms with van der Waals surface area (Å²) in [6, 6.07) is 0.788. The molecule has 88 valence electrons. The first kappa shape index (κ1) is 10.3. The van der Waals surface area contributed by atoms with E-state index in [1.165, 1.54) is 25.7 Å². The average Bonchev–Trinajstić information content (AvgIpc) is 2.78. The molecule has 3 rings (SSSR count). The molecule has 0 bridgehead atoms. The van der Waals surface area contributed by atoms with E-state index >= 15 is 0 Å². The Morgan fingerprint density at radius 1 is 1.25 bits per heavy atom. The van der Waals surface area contributed by atoms with Crippen LogP contribution in [-0.2, 0) is 11.3 Å². The molecule has 2 aliphatic rings. The van der Waals surface area contributed by atoms with Gasteiger partial charge in [0.15, 0.2) is 0 Å². The highest BCUT2D eigenvalue weighted by molar-refractivity contribution is 4.85. The van der Waals surface area contributed by atoms with Crippen molar-refractivity contribution in [2.75, 3.05) is 6.54 Å². The number of nitrogens with one attached hydrogen (secondary N) is 1. The van der Waals surface area contributed by atoms with E-state index in [4.69, 9.17) is 4.74 Å². The van der Waals surface area contributed by atoms with Crippen molar-refractivity contribution >= 4 is 0 Å². The largest absolute Gasteiger partial charge is 0.372 e. The predicted octanol–water partition coefficient (Wildman–Crippen LogP) is 1.18. The van der Waals surface area contributed by atoms with Crippen LogP contribution in [-0.4, -0.2) is 34.3 Å². The molecule has 2 fully saturated rings. The van der Waals surface area contributed by atoms with Gasteiger partial charge in [0, 0.05) is 31.5 Å². The highest BCUT2D eigenvalue weighted by atomic mass is 16.5. The van der Waals surface area contributed by atoms with Crippen LogP contribution in [0.2, 0.25) is 0 Å². The van der Waals surface area contributed by atoms with Gasteiger partial charge in [-0.25, -0.2) is 4.98 Å². The maximum atomic E-state index is 6.00. The number of hydrogen-bond donors (Lipinski definition) is 1. The normalized spacial score (nSPS) is 29.8. The minimum Gasteiger partial charge on any atom is -0.372 e. The Labute approximate surface area is 96.0 Å². The van der Waals surface area contributed by atoms with Gasteiger partial charge in [0.05, 0.1) is 18.5 Å². The standard InChI is InChI=1S/C12H19N3O/c1-2-10(1)14-7-11-3-4-12(16-11)8-15-6-5-13-9-15/h5-6,9-12,14H,1-4,7-8H2. The van der Waals surface area contributed by atoms with E-state index in [0.29, 0.717) is 12.2 Å². The molecule has 1 aromatic rings. The molecule has 1 aromatic heterocycles. The number of aromatic nitrogens is 2. The quantitative estimate of drug-likeness (QED) is 0.811. The lowest BCUT2D eigenvalue weighted by molar-refractivity contribution is 0.0359.